The van der Waals surface area contributed by atoms with E-state index in [-0.39, 0.29) is 39.8 Å². The topological polar surface area (TPSA) is 162 Å². The highest BCUT2D eigenvalue weighted by atomic mass is 32.2. The molecule has 1 fully saturated rings. The Balaban J connectivity index is 1.77. The standard InChI is InChI=1S/C27H21N3O9S/c1-3-8-18-13-17(15-23(38-2)24(18)39-40(36,37)21-11-5-4-6-12-21)14-22-25(31)28-27(33)29(26(22)32)19-9-7-10-20(16-19)30(34)35/h3-7,9-16H,1,8H2,2H3,(H,28,31,33)/b22-14+. The van der Waals surface area contributed by atoms with Crippen LogP contribution in [0.15, 0.2) is 89.9 Å². The number of carbonyl (C=O) groups is 3. The van der Waals surface area contributed by atoms with Gasteiger partial charge in [-0.3, -0.25) is 25.0 Å². The molecule has 3 aromatic carbocycles. The van der Waals surface area contributed by atoms with E-state index in [9.17, 15) is 32.9 Å². The molecular formula is C27H21N3O9S. The minimum Gasteiger partial charge on any atom is -0.493 e. The largest absolute Gasteiger partial charge is 0.493 e. The molecule has 12 nitrogen and oxygen atoms in total. The summed E-state index contributed by atoms with van der Waals surface area (Å²) in [5, 5.41) is 13.2. The Hall–Kier alpha value is -5.30. The zero-order chi connectivity index (χ0) is 29.0. The highest BCUT2D eigenvalue weighted by molar-refractivity contribution is 7.87. The van der Waals surface area contributed by atoms with E-state index < -0.39 is 38.5 Å². The molecule has 1 saturated heterocycles. The average Bonchev–Trinajstić information content (AvgIpc) is 2.92. The van der Waals surface area contributed by atoms with E-state index in [1.165, 1.54) is 61.7 Å². The van der Waals surface area contributed by atoms with Crippen LogP contribution in [0.25, 0.3) is 6.08 Å². The highest BCUT2D eigenvalue weighted by Crippen LogP contribution is 2.37. The summed E-state index contributed by atoms with van der Waals surface area (Å²) < 4.78 is 36.6. The van der Waals surface area contributed by atoms with Crippen LogP contribution in [0.1, 0.15) is 11.1 Å². The summed E-state index contributed by atoms with van der Waals surface area (Å²) in [6.45, 7) is 3.68. The van der Waals surface area contributed by atoms with E-state index in [2.05, 4.69) is 6.58 Å². The first-order chi connectivity index (χ1) is 19.1. The van der Waals surface area contributed by atoms with Gasteiger partial charge < -0.3 is 8.92 Å². The summed E-state index contributed by atoms with van der Waals surface area (Å²) in [4.78, 5) is 49.4. The third kappa shape index (κ3) is 5.59. The van der Waals surface area contributed by atoms with Gasteiger partial charge in [-0.1, -0.05) is 30.3 Å². The van der Waals surface area contributed by atoms with Crippen molar-refractivity contribution in [3.8, 4) is 11.5 Å². The van der Waals surface area contributed by atoms with Crippen LogP contribution in [0.3, 0.4) is 0 Å². The van der Waals surface area contributed by atoms with Gasteiger partial charge in [0.05, 0.1) is 17.7 Å². The highest BCUT2D eigenvalue weighted by Gasteiger charge is 2.37. The number of ether oxygens (including phenoxy) is 1. The van der Waals surface area contributed by atoms with Gasteiger partial charge in [-0.2, -0.15) is 8.42 Å². The number of nitrogens with one attached hydrogen (secondary N) is 1. The zero-order valence-corrected chi connectivity index (χ0v) is 21.7. The van der Waals surface area contributed by atoms with Crippen LogP contribution in [-0.2, 0) is 26.1 Å². The zero-order valence-electron chi connectivity index (χ0n) is 20.9. The number of nitro groups is 1. The maximum absolute atomic E-state index is 13.3. The molecule has 0 spiro atoms. The number of barbiturate groups is 1. The Kier molecular flexibility index (Phi) is 7.77. The van der Waals surface area contributed by atoms with Crippen molar-refractivity contribution >= 4 is 45.4 Å². The van der Waals surface area contributed by atoms with E-state index in [1.54, 1.807) is 18.2 Å². The van der Waals surface area contributed by atoms with Crippen molar-refractivity contribution < 1.29 is 36.6 Å². The van der Waals surface area contributed by atoms with E-state index in [0.29, 0.717) is 10.5 Å². The number of hydrogen-bond acceptors (Lipinski definition) is 9. The number of nitrogens with zero attached hydrogens (tertiary/aromatic N) is 2. The van der Waals surface area contributed by atoms with Crippen LogP contribution in [-0.4, -0.2) is 38.3 Å². The summed E-state index contributed by atoms with van der Waals surface area (Å²) in [7, 11) is -2.95. The molecule has 1 heterocycles. The van der Waals surface area contributed by atoms with Gasteiger partial charge >= 0.3 is 16.1 Å². The van der Waals surface area contributed by atoms with Crippen molar-refractivity contribution in [2.75, 3.05) is 12.0 Å². The molecule has 13 heteroatoms. The summed E-state index contributed by atoms with van der Waals surface area (Å²) in [6, 6.07) is 14.0. The molecule has 1 aliphatic rings. The third-order valence-corrected chi connectivity index (χ3v) is 6.91. The van der Waals surface area contributed by atoms with Gasteiger partial charge in [-0.15, -0.1) is 6.58 Å². The summed E-state index contributed by atoms with van der Waals surface area (Å²) in [5.74, 6) is -2.14. The SMILES string of the molecule is C=CCc1cc(/C=C2\C(=O)NC(=O)N(c3cccc([N+](=O)[O-])c3)C2=O)cc(OC)c1OS(=O)(=O)c1ccccc1. The second-order valence-corrected chi connectivity index (χ2v) is 9.84. The van der Waals surface area contributed by atoms with Crippen molar-refractivity contribution in [2.45, 2.75) is 11.3 Å². The maximum atomic E-state index is 13.3. The Morgan fingerprint density at radius 2 is 1.77 bits per heavy atom. The van der Waals surface area contributed by atoms with Gasteiger partial charge in [0.25, 0.3) is 17.5 Å². The Morgan fingerprint density at radius 1 is 1.05 bits per heavy atom. The van der Waals surface area contributed by atoms with Crippen LogP contribution in [0.5, 0.6) is 11.5 Å². The van der Waals surface area contributed by atoms with Crippen molar-refractivity contribution in [3.63, 3.8) is 0 Å². The molecule has 4 amide bonds. The first-order valence-corrected chi connectivity index (χ1v) is 12.9. The number of amides is 4. The van der Waals surface area contributed by atoms with Crippen LogP contribution >= 0.6 is 0 Å². The molecule has 0 aliphatic carbocycles. The predicted octanol–water partition coefficient (Wildman–Crippen LogP) is 3.77. The first kappa shape index (κ1) is 27.7. The van der Waals surface area contributed by atoms with Gasteiger partial charge in [0.15, 0.2) is 11.5 Å². The second-order valence-electron chi connectivity index (χ2n) is 8.29. The normalized spacial score (nSPS) is 14.6. The molecule has 0 bridgehead atoms. The number of nitro benzene ring substituents is 1. The molecule has 204 valence electrons. The van der Waals surface area contributed by atoms with E-state index in [1.807, 2.05) is 5.32 Å². The van der Waals surface area contributed by atoms with Gasteiger partial charge in [-0.25, -0.2) is 9.69 Å². The molecule has 0 unspecified atom stereocenters. The van der Waals surface area contributed by atoms with Crippen molar-refractivity contribution in [2.24, 2.45) is 0 Å². The lowest BCUT2D eigenvalue weighted by molar-refractivity contribution is -0.384. The number of hydrogen-bond donors (Lipinski definition) is 1. The summed E-state index contributed by atoms with van der Waals surface area (Å²) in [5.41, 5.74) is -0.375. The number of methoxy groups -OCH3 is 1. The van der Waals surface area contributed by atoms with Crippen LogP contribution in [0.4, 0.5) is 16.2 Å². The molecule has 0 saturated carbocycles. The smallest absolute Gasteiger partial charge is 0.339 e. The van der Waals surface area contributed by atoms with Crippen LogP contribution in [0, 0.1) is 10.1 Å². The minimum atomic E-state index is -4.24. The lowest BCUT2D eigenvalue weighted by atomic mass is 10.0. The van der Waals surface area contributed by atoms with Gasteiger partial charge in [-0.05, 0) is 48.4 Å². The molecule has 0 atom stereocenters. The quantitative estimate of drug-likeness (QED) is 0.102. The van der Waals surface area contributed by atoms with Crippen LogP contribution in [0.2, 0.25) is 0 Å². The summed E-state index contributed by atoms with van der Waals surface area (Å²) >= 11 is 0. The number of imide groups is 2. The predicted molar refractivity (Wildman–Crippen MR) is 143 cm³/mol. The molecule has 3 aromatic rings. The van der Waals surface area contributed by atoms with Crippen molar-refractivity contribution in [1.82, 2.24) is 5.32 Å². The lowest BCUT2D eigenvalue weighted by Gasteiger charge is -2.26. The molecule has 0 radical (unpaired) electrons. The van der Waals surface area contributed by atoms with E-state index in [4.69, 9.17) is 8.92 Å². The first-order valence-electron chi connectivity index (χ1n) is 11.5. The van der Waals surface area contributed by atoms with Gasteiger partial charge in [0.2, 0.25) is 0 Å². The molecule has 4 rings (SSSR count). The molecule has 0 aromatic heterocycles. The molecule has 1 N–H and O–H groups in total. The molecular weight excluding hydrogens is 542 g/mol. The fraction of sp³-hybridized carbons (Fsp3) is 0.0741. The molecule has 40 heavy (non-hydrogen) atoms. The monoisotopic (exact) mass is 563 g/mol. The Bertz CT molecular complexity index is 1680. The van der Waals surface area contributed by atoms with Crippen molar-refractivity contribution in [1.29, 1.82) is 0 Å². The van der Waals surface area contributed by atoms with E-state index >= 15 is 0 Å². The number of non-ortho nitro benzene ring substituents is 1. The number of benzene rings is 3. The number of rotatable bonds is 9. The fourth-order valence-electron chi connectivity index (χ4n) is 3.87. The Labute approximate surface area is 228 Å². The lowest BCUT2D eigenvalue weighted by Crippen LogP contribution is -2.54. The van der Waals surface area contributed by atoms with Crippen molar-refractivity contribution in [3.05, 3.63) is 106 Å². The van der Waals surface area contributed by atoms with Gasteiger partial charge in [0.1, 0.15) is 10.5 Å². The maximum Gasteiger partial charge on any atom is 0.339 e. The second kappa shape index (κ2) is 11.2. The molecule has 1 aliphatic heterocycles. The average molecular weight is 564 g/mol. The minimum absolute atomic E-state index is 0.0130. The number of allylic oxidation sites excluding steroid dienone is 1. The number of anilines is 1. The van der Waals surface area contributed by atoms with Crippen LogP contribution < -0.4 is 19.1 Å². The summed E-state index contributed by atoms with van der Waals surface area (Å²) in [6.07, 6.45) is 2.80. The Morgan fingerprint density at radius 3 is 2.42 bits per heavy atom. The third-order valence-electron chi connectivity index (χ3n) is 5.67. The van der Waals surface area contributed by atoms with Gasteiger partial charge in [0, 0.05) is 17.7 Å². The number of carbonyl (C=O) groups excluding carboxylic acids is 3. The van der Waals surface area contributed by atoms with E-state index in [0.717, 1.165) is 6.07 Å². The fourth-order valence-corrected chi connectivity index (χ4v) is 4.86. The number of urea groups is 1.